The molecule has 0 aliphatic rings. The third kappa shape index (κ3) is 4.16. The number of nitrogens with one attached hydrogen (secondary N) is 1. The van der Waals surface area contributed by atoms with Crippen LogP contribution in [0.25, 0.3) is 0 Å². The third-order valence-corrected chi connectivity index (χ3v) is 2.74. The van der Waals surface area contributed by atoms with Crippen molar-refractivity contribution in [2.24, 2.45) is 5.92 Å². The van der Waals surface area contributed by atoms with Gasteiger partial charge in [-0.1, -0.05) is 13.8 Å². The first-order valence-electron chi connectivity index (χ1n) is 5.97. The first-order valence-corrected chi connectivity index (χ1v) is 5.97. The zero-order valence-corrected chi connectivity index (χ0v) is 11.4. The van der Waals surface area contributed by atoms with Gasteiger partial charge in [0.15, 0.2) is 0 Å². The van der Waals surface area contributed by atoms with E-state index in [0.29, 0.717) is 24.8 Å². The SMILES string of the molecule is COCC(NCc1ccc(C(=O)OC)o1)C(C)C. The average Bonchev–Trinajstić information content (AvgIpc) is 2.81. The van der Waals surface area contributed by atoms with Gasteiger partial charge in [0.25, 0.3) is 0 Å². The number of hydrogen-bond donors (Lipinski definition) is 1. The summed E-state index contributed by atoms with van der Waals surface area (Å²) in [6, 6.07) is 3.63. The molecule has 0 aromatic carbocycles. The number of esters is 1. The summed E-state index contributed by atoms with van der Waals surface area (Å²) >= 11 is 0. The summed E-state index contributed by atoms with van der Waals surface area (Å²) in [4.78, 5) is 11.2. The van der Waals surface area contributed by atoms with Crippen molar-refractivity contribution in [3.05, 3.63) is 23.7 Å². The van der Waals surface area contributed by atoms with Crippen LogP contribution in [0.4, 0.5) is 0 Å². The maximum absolute atomic E-state index is 11.2. The number of carbonyl (C=O) groups is 1. The van der Waals surface area contributed by atoms with Gasteiger partial charge in [0.05, 0.1) is 20.3 Å². The minimum atomic E-state index is -0.460. The molecule has 1 aromatic heterocycles. The van der Waals surface area contributed by atoms with E-state index in [9.17, 15) is 4.79 Å². The van der Waals surface area contributed by atoms with Gasteiger partial charge in [-0.15, -0.1) is 0 Å². The predicted octanol–water partition coefficient (Wildman–Crippen LogP) is 1.83. The van der Waals surface area contributed by atoms with Crippen molar-refractivity contribution in [1.29, 1.82) is 0 Å². The zero-order chi connectivity index (χ0) is 13.5. The Morgan fingerprint density at radius 2 is 2.11 bits per heavy atom. The van der Waals surface area contributed by atoms with Crippen LogP contribution in [0.3, 0.4) is 0 Å². The maximum atomic E-state index is 11.2. The van der Waals surface area contributed by atoms with Crippen LogP contribution in [0.1, 0.15) is 30.2 Å². The molecule has 1 N–H and O–H groups in total. The molecule has 0 spiro atoms. The number of methoxy groups -OCH3 is 2. The van der Waals surface area contributed by atoms with Crippen LogP contribution in [0.2, 0.25) is 0 Å². The second kappa shape index (κ2) is 7.18. The maximum Gasteiger partial charge on any atom is 0.373 e. The highest BCUT2D eigenvalue weighted by molar-refractivity contribution is 5.86. The lowest BCUT2D eigenvalue weighted by atomic mass is 10.1. The summed E-state index contributed by atoms with van der Waals surface area (Å²) in [6.45, 7) is 5.45. The fourth-order valence-electron chi connectivity index (χ4n) is 1.58. The summed E-state index contributed by atoms with van der Waals surface area (Å²) < 4.78 is 15.1. The van der Waals surface area contributed by atoms with Crippen molar-refractivity contribution in [2.75, 3.05) is 20.8 Å². The van der Waals surface area contributed by atoms with E-state index >= 15 is 0 Å². The Kier molecular flexibility index (Phi) is 5.88. The minimum Gasteiger partial charge on any atom is -0.463 e. The number of carbonyl (C=O) groups excluding carboxylic acids is 1. The van der Waals surface area contributed by atoms with E-state index in [-0.39, 0.29) is 11.8 Å². The minimum absolute atomic E-state index is 0.224. The molecule has 1 heterocycles. The van der Waals surface area contributed by atoms with Crippen molar-refractivity contribution < 1.29 is 18.7 Å². The van der Waals surface area contributed by atoms with E-state index in [4.69, 9.17) is 9.15 Å². The second-order valence-corrected chi connectivity index (χ2v) is 4.44. The standard InChI is InChI=1S/C13H21NO4/c1-9(2)11(8-16-3)14-7-10-5-6-12(18-10)13(15)17-4/h5-6,9,11,14H,7-8H2,1-4H3. The van der Waals surface area contributed by atoms with Gasteiger partial charge in [-0.25, -0.2) is 4.79 Å². The number of furan rings is 1. The lowest BCUT2D eigenvalue weighted by Gasteiger charge is -2.20. The Balaban J connectivity index is 2.52. The van der Waals surface area contributed by atoms with Crippen LogP contribution in [0.5, 0.6) is 0 Å². The number of hydrogen-bond acceptors (Lipinski definition) is 5. The average molecular weight is 255 g/mol. The zero-order valence-electron chi connectivity index (χ0n) is 11.4. The van der Waals surface area contributed by atoms with Crippen molar-refractivity contribution >= 4 is 5.97 Å². The fourth-order valence-corrected chi connectivity index (χ4v) is 1.58. The molecular weight excluding hydrogens is 234 g/mol. The molecule has 102 valence electrons. The predicted molar refractivity (Wildman–Crippen MR) is 67.4 cm³/mol. The molecule has 0 fully saturated rings. The molecule has 5 heteroatoms. The van der Waals surface area contributed by atoms with Crippen LogP contribution in [0, 0.1) is 5.92 Å². The largest absolute Gasteiger partial charge is 0.463 e. The highest BCUT2D eigenvalue weighted by Gasteiger charge is 2.15. The molecule has 0 aliphatic heterocycles. The molecule has 1 atom stereocenters. The Morgan fingerprint density at radius 3 is 2.67 bits per heavy atom. The van der Waals surface area contributed by atoms with E-state index in [1.807, 2.05) is 0 Å². The van der Waals surface area contributed by atoms with Gasteiger partial charge in [0, 0.05) is 13.2 Å². The van der Waals surface area contributed by atoms with E-state index in [0.717, 1.165) is 0 Å². The van der Waals surface area contributed by atoms with E-state index in [1.165, 1.54) is 7.11 Å². The molecule has 0 saturated carbocycles. The molecular formula is C13H21NO4. The van der Waals surface area contributed by atoms with E-state index in [1.54, 1.807) is 19.2 Å². The van der Waals surface area contributed by atoms with E-state index < -0.39 is 5.97 Å². The van der Waals surface area contributed by atoms with Gasteiger partial charge >= 0.3 is 5.97 Å². The van der Waals surface area contributed by atoms with Gasteiger partial charge in [0.1, 0.15) is 5.76 Å². The molecule has 1 aromatic rings. The monoisotopic (exact) mass is 255 g/mol. The summed E-state index contributed by atoms with van der Waals surface area (Å²) in [5.74, 6) is 0.929. The molecule has 0 amide bonds. The number of ether oxygens (including phenoxy) is 2. The Bertz CT molecular complexity index is 373. The second-order valence-electron chi connectivity index (χ2n) is 4.44. The van der Waals surface area contributed by atoms with Crippen LogP contribution in [0.15, 0.2) is 16.5 Å². The summed E-state index contributed by atoms with van der Waals surface area (Å²) in [5.41, 5.74) is 0. The molecule has 0 saturated heterocycles. The molecule has 5 nitrogen and oxygen atoms in total. The molecule has 18 heavy (non-hydrogen) atoms. The summed E-state index contributed by atoms with van der Waals surface area (Å²) in [7, 11) is 3.01. The lowest BCUT2D eigenvalue weighted by Crippen LogP contribution is -2.37. The number of rotatable bonds is 7. The van der Waals surface area contributed by atoms with Gasteiger partial charge in [0.2, 0.25) is 5.76 Å². The van der Waals surface area contributed by atoms with Gasteiger partial charge in [-0.2, -0.15) is 0 Å². The van der Waals surface area contributed by atoms with Crippen LogP contribution in [-0.2, 0) is 16.0 Å². The summed E-state index contributed by atoms with van der Waals surface area (Å²) in [5, 5.41) is 3.34. The molecule has 1 unspecified atom stereocenters. The van der Waals surface area contributed by atoms with E-state index in [2.05, 4.69) is 23.9 Å². The van der Waals surface area contributed by atoms with Crippen molar-refractivity contribution in [2.45, 2.75) is 26.4 Å². The molecule has 0 radical (unpaired) electrons. The Hall–Kier alpha value is -1.33. The van der Waals surface area contributed by atoms with Crippen molar-refractivity contribution in [1.82, 2.24) is 5.32 Å². The van der Waals surface area contributed by atoms with Crippen LogP contribution >= 0.6 is 0 Å². The lowest BCUT2D eigenvalue weighted by molar-refractivity contribution is 0.0562. The third-order valence-electron chi connectivity index (χ3n) is 2.74. The van der Waals surface area contributed by atoms with Gasteiger partial charge in [-0.05, 0) is 18.1 Å². The first kappa shape index (κ1) is 14.7. The quantitative estimate of drug-likeness (QED) is 0.753. The highest BCUT2D eigenvalue weighted by atomic mass is 16.5. The van der Waals surface area contributed by atoms with Crippen molar-refractivity contribution in [3.8, 4) is 0 Å². The smallest absolute Gasteiger partial charge is 0.373 e. The topological polar surface area (TPSA) is 60.7 Å². The first-order chi connectivity index (χ1) is 8.58. The Labute approximate surface area is 107 Å². The highest BCUT2D eigenvalue weighted by Crippen LogP contribution is 2.10. The molecule has 1 rings (SSSR count). The fraction of sp³-hybridized carbons (Fsp3) is 0.615. The molecule has 0 bridgehead atoms. The normalized spacial score (nSPS) is 12.7. The van der Waals surface area contributed by atoms with Crippen LogP contribution < -0.4 is 5.32 Å². The van der Waals surface area contributed by atoms with Gasteiger partial charge in [-0.3, -0.25) is 0 Å². The van der Waals surface area contributed by atoms with Gasteiger partial charge < -0.3 is 19.2 Å². The van der Waals surface area contributed by atoms with Crippen molar-refractivity contribution in [3.63, 3.8) is 0 Å². The molecule has 0 aliphatic carbocycles. The van der Waals surface area contributed by atoms with Crippen LogP contribution in [-0.4, -0.2) is 32.8 Å². The summed E-state index contributed by atoms with van der Waals surface area (Å²) in [6.07, 6.45) is 0. The Morgan fingerprint density at radius 1 is 1.39 bits per heavy atom.